The van der Waals surface area contributed by atoms with Gasteiger partial charge >= 0.3 is 0 Å². The third kappa shape index (κ3) is 3.34. The molecule has 0 unspecified atom stereocenters. The van der Waals surface area contributed by atoms with Crippen LogP contribution in [0.2, 0.25) is 0 Å². The predicted molar refractivity (Wildman–Crippen MR) is 114 cm³/mol. The fraction of sp³-hybridized carbons (Fsp3) is 0.435. The fourth-order valence-corrected chi connectivity index (χ4v) is 4.56. The van der Waals surface area contributed by atoms with Crippen LogP contribution in [-0.4, -0.2) is 28.7 Å². The zero-order valence-electron chi connectivity index (χ0n) is 17.1. The van der Waals surface area contributed by atoms with E-state index in [-0.39, 0.29) is 0 Å². The number of pyridine rings is 1. The summed E-state index contributed by atoms with van der Waals surface area (Å²) in [6.07, 6.45) is 4.58. The third-order valence-corrected chi connectivity index (χ3v) is 5.65. The summed E-state index contributed by atoms with van der Waals surface area (Å²) in [7, 11) is 0. The lowest BCUT2D eigenvalue weighted by Crippen LogP contribution is -2.35. The van der Waals surface area contributed by atoms with Gasteiger partial charge in [-0.3, -0.25) is 0 Å². The van der Waals surface area contributed by atoms with Crippen LogP contribution in [0.3, 0.4) is 0 Å². The van der Waals surface area contributed by atoms with E-state index >= 15 is 0 Å². The van der Waals surface area contributed by atoms with Gasteiger partial charge in [-0.05, 0) is 83.3 Å². The van der Waals surface area contributed by atoms with Gasteiger partial charge in [0.15, 0.2) is 0 Å². The number of piperidine rings is 1. The van der Waals surface area contributed by atoms with Crippen LogP contribution in [0, 0.1) is 34.6 Å². The van der Waals surface area contributed by atoms with Gasteiger partial charge in [-0.1, -0.05) is 17.7 Å². The minimum absolute atomic E-state index is 0.529. The van der Waals surface area contributed by atoms with Gasteiger partial charge < -0.3 is 15.2 Å². The second kappa shape index (κ2) is 7.01. The zero-order chi connectivity index (χ0) is 19.1. The van der Waals surface area contributed by atoms with Crippen molar-refractivity contribution in [2.24, 2.45) is 0 Å². The number of fused-ring (bicyclic) bond motifs is 1. The molecule has 2 N–H and O–H groups in total. The molecule has 0 radical (unpaired) electrons. The molecule has 142 valence electrons. The first-order valence-electron chi connectivity index (χ1n) is 9.99. The highest BCUT2D eigenvalue weighted by atomic mass is 15.1. The topological polar surface area (TPSA) is 41.9 Å². The van der Waals surface area contributed by atoms with Crippen LogP contribution in [0.15, 0.2) is 24.4 Å². The van der Waals surface area contributed by atoms with Gasteiger partial charge in [-0.25, -0.2) is 4.98 Å². The molecular formula is C23H30N4. The Balaban J connectivity index is 1.87. The first-order chi connectivity index (χ1) is 12.9. The van der Waals surface area contributed by atoms with Gasteiger partial charge in [0.1, 0.15) is 5.65 Å². The van der Waals surface area contributed by atoms with Gasteiger partial charge in [0, 0.05) is 29.0 Å². The van der Waals surface area contributed by atoms with E-state index in [1.54, 1.807) is 0 Å². The Labute approximate surface area is 162 Å². The average molecular weight is 363 g/mol. The number of aromatic nitrogens is 2. The fourth-order valence-electron chi connectivity index (χ4n) is 4.56. The van der Waals surface area contributed by atoms with E-state index in [9.17, 15) is 0 Å². The molecule has 1 aliphatic heterocycles. The number of aryl methyl sites for hydroxylation is 5. The second-order valence-corrected chi connectivity index (χ2v) is 8.11. The number of anilines is 1. The number of rotatable bonds is 3. The Hall–Kier alpha value is -2.33. The molecule has 3 heterocycles. The molecule has 1 aromatic carbocycles. The van der Waals surface area contributed by atoms with Gasteiger partial charge in [0.2, 0.25) is 0 Å². The van der Waals surface area contributed by atoms with Crippen LogP contribution in [0.1, 0.15) is 40.8 Å². The molecule has 0 amide bonds. The highest BCUT2D eigenvalue weighted by molar-refractivity contribution is 5.94. The summed E-state index contributed by atoms with van der Waals surface area (Å²) >= 11 is 0. The summed E-state index contributed by atoms with van der Waals surface area (Å²) in [5, 5.41) is 8.51. The molecule has 0 spiro atoms. The molecule has 1 saturated heterocycles. The predicted octanol–water partition coefficient (Wildman–Crippen LogP) is 4.73. The highest BCUT2D eigenvalue weighted by Crippen LogP contribution is 2.33. The van der Waals surface area contributed by atoms with Crippen molar-refractivity contribution < 1.29 is 0 Å². The lowest BCUT2D eigenvalue weighted by molar-refractivity contribution is 0.479. The molecule has 4 nitrogen and oxygen atoms in total. The van der Waals surface area contributed by atoms with E-state index < -0.39 is 0 Å². The van der Waals surface area contributed by atoms with Crippen LogP contribution in [-0.2, 0) is 0 Å². The van der Waals surface area contributed by atoms with Gasteiger partial charge in [-0.15, -0.1) is 0 Å². The van der Waals surface area contributed by atoms with Crippen molar-refractivity contribution in [3.63, 3.8) is 0 Å². The van der Waals surface area contributed by atoms with Crippen molar-refractivity contribution in [1.29, 1.82) is 0 Å². The van der Waals surface area contributed by atoms with Crippen molar-refractivity contribution in [3.05, 3.63) is 52.3 Å². The molecule has 1 fully saturated rings. The van der Waals surface area contributed by atoms with Crippen LogP contribution in [0.4, 0.5) is 5.69 Å². The number of nitrogens with one attached hydrogen (secondary N) is 2. The summed E-state index contributed by atoms with van der Waals surface area (Å²) in [5.74, 6) is 0. The Morgan fingerprint density at radius 3 is 2.30 bits per heavy atom. The van der Waals surface area contributed by atoms with Crippen molar-refractivity contribution in [2.45, 2.75) is 53.5 Å². The molecule has 27 heavy (non-hydrogen) atoms. The zero-order valence-corrected chi connectivity index (χ0v) is 17.1. The molecule has 1 aliphatic rings. The molecule has 4 heteroatoms. The lowest BCUT2D eigenvalue weighted by Gasteiger charge is -2.25. The van der Waals surface area contributed by atoms with E-state index in [2.05, 4.69) is 74.2 Å². The van der Waals surface area contributed by atoms with E-state index in [1.807, 2.05) is 0 Å². The van der Waals surface area contributed by atoms with Crippen LogP contribution in [0.25, 0.3) is 16.7 Å². The molecular weight excluding hydrogens is 332 g/mol. The number of nitrogens with zero attached hydrogens (tertiary/aromatic N) is 2. The average Bonchev–Trinajstić information content (AvgIpc) is 2.91. The van der Waals surface area contributed by atoms with Crippen LogP contribution >= 0.6 is 0 Å². The van der Waals surface area contributed by atoms with Crippen LogP contribution in [0.5, 0.6) is 0 Å². The van der Waals surface area contributed by atoms with E-state index in [0.717, 1.165) is 24.4 Å². The monoisotopic (exact) mass is 362 g/mol. The number of benzene rings is 1. The Kier molecular flexibility index (Phi) is 4.68. The second-order valence-electron chi connectivity index (χ2n) is 8.11. The van der Waals surface area contributed by atoms with Crippen molar-refractivity contribution in [3.8, 4) is 5.69 Å². The first kappa shape index (κ1) is 18.1. The van der Waals surface area contributed by atoms with E-state index in [4.69, 9.17) is 4.98 Å². The SMILES string of the molecule is Cc1cc(C)c(-n2cc(C)c3c(NC4CCNCC4)cc(C)nc32)c(C)c1. The molecule has 0 bridgehead atoms. The van der Waals surface area contributed by atoms with Crippen LogP contribution < -0.4 is 10.6 Å². The number of hydrogen-bond donors (Lipinski definition) is 2. The molecule has 0 atom stereocenters. The standard InChI is InChI=1S/C23H30N4/c1-14-10-15(2)22(16(3)11-14)27-13-17(4)21-20(12-18(5)25-23(21)27)26-19-6-8-24-9-7-19/h10-13,19,24H,6-9H2,1-5H3,(H,25,26). The summed E-state index contributed by atoms with van der Waals surface area (Å²) in [5.41, 5.74) is 9.75. The normalized spacial score (nSPS) is 15.4. The Morgan fingerprint density at radius 2 is 1.63 bits per heavy atom. The molecule has 0 saturated carbocycles. The third-order valence-electron chi connectivity index (χ3n) is 5.65. The maximum absolute atomic E-state index is 4.94. The number of hydrogen-bond acceptors (Lipinski definition) is 3. The Bertz CT molecular complexity index is 970. The van der Waals surface area contributed by atoms with Crippen molar-refractivity contribution >= 4 is 16.7 Å². The van der Waals surface area contributed by atoms with Gasteiger partial charge in [0.25, 0.3) is 0 Å². The quantitative estimate of drug-likeness (QED) is 0.708. The molecule has 2 aromatic heterocycles. The van der Waals surface area contributed by atoms with E-state index in [1.165, 1.54) is 51.9 Å². The smallest absolute Gasteiger partial charge is 0.147 e. The first-order valence-corrected chi connectivity index (χ1v) is 9.99. The highest BCUT2D eigenvalue weighted by Gasteiger charge is 2.19. The molecule has 3 aromatic rings. The summed E-state index contributed by atoms with van der Waals surface area (Å²) in [6.45, 7) is 13.0. The summed E-state index contributed by atoms with van der Waals surface area (Å²) in [6, 6.07) is 7.25. The maximum Gasteiger partial charge on any atom is 0.147 e. The molecule has 4 rings (SSSR count). The minimum atomic E-state index is 0.529. The Morgan fingerprint density at radius 1 is 0.963 bits per heavy atom. The van der Waals surface area contributed by atoms with E-state index in [0.29, 0.717) is 6.04 Å². The minimum Gasteiger partial charge on any atom is -0.382 e. The summed E-state index contributed by atoms with van der Waals surface area (Å²) in [4.78, 5) is 4.94. The van der Waals surface area contributed by atoms with Gasteiger partial charge in [0.05, 0.1) is 5.69 Å². The summed E-state index contributed by atoms with van der Waals surface area (Å²) < 4.78 is 2.29. The van der Waals surface area contributed by atoms with Crippen molar-refractivity contribution in [1.82, 2.24) is 14.9 Å². The van der Waals surface area contributed by atoms with Crippen molar-refractivity contribution in [2.75, 3.05) is 18.4 Å². The van der Waals surface area contributed by atoms with Gasteiger partial charge in [-0.2, -0.15) is 0 Å². The largest absolute Gasteiger partial charge is 0.382 e. The maximum atomic E-state index is 4.94. The molecule has 0 aliphatic carbocycles. The lowest BCUT2D eigenvalue weighted by atomic mass is 10.0.